The molecule has 0 aliphatic carbocycles. The number of carbonyl (C=O) groups excluding carboxylic acids is 13. The third-order valence-electron chi connectivity index (χ3n) is 19.5. The second kappa shape index (κ2) is 40.6. The minimum Gasteiger partial charge on any atom is -0.497 e. The molecule has 0 saturated carbocycles. The van der Waals surface area contributed by atoms with Crippen LogP contribution in [-0.2, 0) is 75.2 Å². The number of fused-ring (bicyclic) bond motifs is 1. The van der Waals surface area contributed by atoms with E-state index in [9.17, 15) is 77.3 Å². The van der Waals surface area contributed by atoms with Gasteiger partial charge in [0.15, 0.2) is 23.1 Å². The molecular weight excluding hydrogens is 1480 g/mol. The number of hydrogen-bond donors (Lipinski definition) is 14. The number of aliphatic hydroxyl groups is 1. The summed E-state index contributed by atoms with van der Waals surface area (Å²) >= 11 is 6.20. The first kappa shape index (κ1) is 87.9. The molecule has 36 nitrogen and oxygen atoms in total. The van der Waals surface area contributed by atoms with E-state index in [1.54, 1.807) is 81.4 Å². The Kier molecular flexibility index (Phi) is 31.9. The van der Waals surface area contributed by atoms with E-state index < -0.39 is 181 Å². The molecule has 3 fully saturated rings. The number of β-amino-alcohol motifs (C(OH)–C–C–N with tert-alkyl or cyclic N) is 1. The number of aliphatic imine (C=N–C) groups is 1. The summed E-state index contributed by atoms with van der Waals surface area (Å²) in [5.74, 6) is -12.6. The average molecular weight is 1580 g/mol. The topological polar surface area (TPSA) is 529 Å². The number of methoxy groups -OCH3 is 3. The summed E-state index contributed by atoms with van der Waals surface area (Å²) in [6, 6.07) is 0.781. The number of furan rings is 1. The molecule has 13 amide bonds. The van der Waals surface area contributed by atoms with Crippen molar-refractivity contribution in [3.63, 3.8) is 0 Å². The average Bonchev–Trinajstić information content (AvgIpc) is 1.62. The highest BCUT2D eigenvalue weighted by atomic mass is 35.5. The van der Waals surface area contributed by atoms with Gasteiger partial charge >= 0.3 is 5.97 Å². The summed E-state index contributed by atoms with van der Waals surface area (Å²) in [7, 11) is 4.33. The monoisotopic (exact) mass is 1580 g/mol. The Bertz CT molecular complexity index is 4130. The van der Waals surface area contributed by atoms with Crippen molar-refractivity contribution in [2.45, 2.75) is 192 Å². The Balaban J connectivity index is 1.02. The number of rotatable bonds is 38. The number of aliphatic hydroxyl groups excluding tert-OH is 1. The summed E-state index contributed by atoms with van der Waals surface area (Å²) in [5, 5.41) is 45.5. The molecule has 3 aliphatic rings. The number of aliphatic carboxylic acids is 1. The minimum absolute atomic E-state index is 0.0183. The highest BCUT2D eigenvalue weighted by molar-refractivity contribution is 6.30. The molecule has 0 radical (unpaired) electrons. The Morgan fingerprint density at radius 3 is 1.71 bits per heavy atom. The lowest BCUT2D eigenvalue weighted by Crippen LogP contribution is -2.61. The maximum absolute atomic E-state index is 14.9. The number of amides is 13. The maximum atomic E-state index is 14.9. The van der Waals surface area contributed by atoms with Crippen molar-refractivity contribution in [3.8, 4) is 17.2 Å². The lowest BCUT2D eigenvalue weighted by Gasteiger charge is -2.32. The molecule has 7 rings (SSSR count). The molecule has 4 aromatic rings. The SMILES string of the molecule is COc1ccc(C[C@H](NC(=O)[C@H](C)NC(=O)[C@H](CC(C)C)NC(=O)c2oc3c(OC)c(OC)ccc3c2C)C(=O)N2CCC[C@H]2C(=O)N[C@@H](CC(=O)O)C(=O)N[C@@H](C)C(=O)N[C@H](C(=O)N2C[C@H](O)C[C@H]2C(=O)N[C@@H](Cc2ccc(Cl)cc2)C(=O)N[C@@H](CCCN=C(N)N)C(=O)N2CCC[C@H]2C(=O)NCC(N)=O)C(C)C)cc1. The van der Waals surface area contributed by atoms with Crippen molar-refractivity contribution >= 4 is 111 Å². The van der Waals surface area contributed by atoms with Gasteiger partial charge in [-0.25, -0.2) is 0 Å². The van der Waals surface area contributed by atoms with Crippen LogP contribution in [0, 0.1) is 18.8 Å². The van der Waals surface area contributed by atoms with Gasteiger partial charge in [-0.15, -0.1) is 0 Å². The van der Waals surface area contributed by atoms with Gasteiger partial charge in [-0.05, 0) is 125 Å². The predicted molar refractivity (Wildman–Crippen MR) is 406 cm³/mol. The molecule has 37 heteroatoms. The zero-order valence-corrected chi connectivity index (χ0v) is 65.1. The first-order valence-electron chi connectivity index (χ1n) is 36.9. The van der Waals surface area contributed by atoms with Crippen molar-refractivity contribution in [1.29, 1.82) is 0 Å². The van der Waals surface area contributed by atoms with E-state index >= 15 is 0 Å². The fourth-order valence-electron chi connectivity index (χ4n) is 13.6. The second-order valence-electron chi connectivity index (χ2n) is 28.7. The van der Waals surface area contributed by atoms with Crippen LogP contribution in [0.25, 0.3) is 11.0 Å². The number of carbonyl (C=O) groups is 14. The number of halogens is 1. The lowest BCUT2D eigenvalue weighted by atomic mass is 10.0. The molecule has 1 aromatic heterocycles. The Hall–Kier alpha value is -11.3. The summed E-state index contributed by atoms with van der Waals surface area (Å²) in [5.41, 5.74) is 18.1. The number of carboxylic acid groups (broad SMARTS) is 1. The van der Waals surface area contributed by atoms with Crippen LogP contribution >= 0.6 is 11.6 Å². The Morgan fingerprint density at radius 2 is 1.14 bits per heavy atom. The van der Waals surface area contributed by atoms with Gasteiger partial charge in [0.2, 0.25) is 76.6 Å². The van der Waals surface area contributed by atoms with Gasteiger partial charge in [-0.2, -0.15) is 0 Å². The number of carboxylic acids is 1. The van der Waals surface area contributed by atoms with Crippen molar-refractivity contribution in [1.82, 2.24) is 62.6 Å². The molecular formula is C75H103ClN16O20. The lowest BCUT2D eigenvalue weighted by molar-refractivity contribution is -0.144. The molecule has 12 atom stereocenters. The highest BCUT2D eigenvalue weighted by Crippen LogP contribution is 2.39. The van der Waals surface area contributed by atoms with E-state index in [2.05, 4.69) is 52.8 Å². The maximum Gasteiger partial charge on any atom is 0.305 e. The number of aryl methyl sites for hydroxylation is 1. The molecule has 112 heavy (non-hydrogen) atoms. The van der Waals surface area contributed by atoms with Gasteiger partial charge < -0.3 is 109 Å². The van der Waals surface area contributed by atoms with Crippen LogP contribution in [0.1, 0.15) is 127 Å². The van der Waals surface area contributed by atoms with Gasteiger partial charge in [0.05, 0.1) is 40.4 Å². The number of guanidine groups is 1. The number of primary amides is 1. The smallest absolute Gasteiger partial charge is 0.305 e. The van der Waals surface area contributed by atoms with E-state index in [1.165, 1.54) is 45.0 Å². The first-order valence-corrected chi connectivity index (χ1v) is 37.3. The number of nitrogens with one attached hydrogen (secondary N) is 9. The number of ether oxygens (including phenoxy) is 3. The van der Waals surface area contributed by atoms with Crippen LogP contribution in [0.5, 0.6) is 17.2 Å². The summed E-state index contributed by atoms with van der Waals surface area (Å²) in [4.78, 5) is 203. The van der Waals surface area contributed by atoms with Crippen molar-refractivity contribution < 1.29 is 96.0 Å². The van der Waals surface area contributed by atoms with Crippen molar-refractivity contribution in [3.05, 3.63) is 88.1 Å². The van der Waals surface area contributed by atoms with E-state index in [-0.39, 0.29) is 106 Å². The highest BCUT2D eigenvalue weighted by Gasteiger charge is 2.46. The van der Waals surface area contributed by atoms with Crippen molar-refractivity contribution in [2.75, 3.05) is 54.1 Å². The summed E-state index contributed by atoms with van der Waals surface area (Å²) in [6.07, 6.45) is -1.88. The van der Waals surface area contributed by atoms with Crippen LogP contribution in [0.4, 0.5) is 0 Å². The summed E-state index contributed by atoms with van der Waals surface area (Å²) < 4.78 is 22.2. The predicted octanol–water partition coefficient (Wildman–Crippen LogP) is -0.787. The zero-order chi connectivity index (χ0) is 82.5. The van der Waals surface area contributed by atoms with Crippen LogP contribution in [-0.4, -0.2) is 240 Å². The van der Waals surface area contributed by atoms with E-state index in [0.717, 1.165) is 4.90 Å². The molecule has 4 heterocycles. The van der Waals surface area contributed by atoms with Gasteiger partial charge in [0.1, 0.15) is 72.2 Å². The van der Waals surface area contributed by atoms with Crippen LogP contribution in [0.2, 0.25) is 5.02 Å². The second-order valence-corrected chi connectivity index (χ2v) is 29.2. The molecule has 3 aliphatic heterocycles. The zero-order valence-electron chi connectivity index (χ0n) is 64.3. The van der Waals surface area contributed by atoms with Gasteiger partial charge in [0, 0.05) is 61.4 Å². The molecule has 3 aromatic carbocycles. The number of nitrogens with zero attached hydrogens (tertiary/aromatic N) is 4. The number of benzene rings is 3. The fraction of sp³-hybridized carbons (Fsp3) is 0.533. The number of likely N-dealkylation sites (tertiary alicyclic amines) is 3. The molecule has 3 saturated heterocycles. The third kappa shape index (κ3) is 23.6. The summed E-state index contributed by atoms with van der Waals surface area (Å²) in [6.45, 7) is 10.3. The molecule has 0 bridgehead atoms. The minimum atomic E-state index is -1.87. The quantitative estimate of drug-likeness (QED) is 0.0149. The Labute approximate surface area is 652 Å². The number of nitrogens with two attached hydrogens (primary N) is 3. The van der Waals surface area contributed by atoms with E-state index in [1.807, 2.05) is 13.8 Å². The van der Waals surface area contributed by atoms with Crippen molar-refractivity contribution in [2.24, 2.45) is 34.0 Å². The van der Waals surface area contributed by atoms with Crippen LogP contribution in [0.3, 0.4) is 0 Å². The molecule has 0 spiro atoms. The van der Waals surface area contributed by atoms with E-state index in [4.69, 9.17) is 47.4 Å². The first-order chi connectivity index (χ1) is 53.0. The molecule has 17 N–H and O–H groups in total. The fourth-order valence-corrected chi connectivity index (χ4v) is 13.7. The van der Waals surface area contributed by atoms with Crippen LogP contribution < -0.4 is 79.3 Å². The van der Waals surface area contributed by atoms with Gasteiger partial charge in [0.25, 0.3) is 5.91 Å². The third-order valence-corrected chi connectivity index (χ3v) is 19.7. The largest absolute Gasteiger partial charge is 0.497 e. The Morgan fingerprint density at radius 1 is 0.598 bits per heavy atom. The van der Waals surface area contributed by atoms with Crippen LogP contribution in [0.15, 0.2) is 70.1 Å². The van der Waals surface area contributed by atoms with E-state index in [0.29, 0.717) is 45.0 Å². The number of hydrogen-bond acceptors (Lipinski definition) is 20. The molecule has 610 valence electrons. The standard InChI is InChI=1S/C75H103ClN16O20/c1-37(2)30-49(87-71(105)60-39(5)47-25-26-56(110-9)62(111-10)61(47)112-60)65(99)82-40(6)63(97)88-52(32-43-19-23-46(109-8)24-20-43)73(107)91-29-13-16-54(91)69(103)86-51(34-58(95)96)66(100)83-41(7)64(98)89-59(38(3)4)74(108)92-36-45(93)33-55(92)70(104)85-50(31-42-17-21-44(76)22-18-42)67(101)84-48(14-11-27-80-75(78)79)72(106)90-28-12-15-53(90)68(102)81-35-57(77)94/h17-26,37-38,40-41,45,48-55,59,93H,11-16,27-36H2,1-10H3,(H2,77,94)(H,81,102)(H,82,99)(H,83,100)(H,84,101)(H,85,104)(H,86,103)(H,87,105)(H,88,97)(H,89,98)(H,95,96)(H4,78,79,80)/t40-,41-,45+,48-,49-,50-,51-,52-,53-,54-,55-,59-/m0/s1. The normalized spacial score (nSPS) is 18.1. The van der Waals surface area contributed by atoms with Gasteiger partial charge in [-0.1, -0.05) is 63.6 Å². The van der Waals surface area contributed by atoms with Gasteiger partial charge in [-0.3, -0.25) is 72.1 Å². The molecule has 0 unspecified atom stereocenters.